The number of rotatable bonds is 9. The summed E-state index contributed by atoms with van der Waals surface area (Å²) >= 11 is 0. The molecule has 0 amide bonds. The van der Waals surface area contributed by atoms with Crippen molar-refractivity contribution in [1.29, 1.82) is 0 Å². The Morgan fingerprint density at radius 1 is 0.929 bits per heavy atom. The highest BCUT2D eigenvalue weighted by Crippen LogP contribution is 2.20. The van der Waals surface area contributed by atoms with E-state index in [0.717, 1.165) is 37.9 Å². The van der Waals surface area contributed by atoms with Crippen LogP contribution in [0.1, 0.15) is 51.3 Å². The molecule has 0 spiro atoms. The zero-order valence-corrected chi connectivity index (χ0v) is 17.4. The Balaban J connectivity index is 1.82. The molecule has 0 saturated carbocycles. The average Bonchev–Trinajstić information content (AvgIpc) is 3.01. The summed E-state index contributed by atoms with van der Waals surface area (Å²) in [4.78, 5) is 13.0. The van der Waals surface area contributed by atoms with Crippen molar-refractivity contribution in [2.75, 3.05) is 0 Å². The molecule has 0 fully saturated rings. The lowest BCUT2D eigenvalue weighted by atomic mass is 10.0. The number of nitrogens with zero attached hydrogens (tertiary/aromatic N) is 2. The van der Waals surface area contributed by atoms with Gasteiger partial charge in [-0.25, -0.2) is 4.79 Å². The quantitative estimate of drug-likeness (QED) is 0.467. The number of unbranched alkanes of at least 4 members (excludes halogenated alkanes) is 1. The molecule has 0 aliphatic heterocycles. The van der Waals surface area contributed by atoms with Crippen molar-refractivity contribution >= 4 is 0 Å². The first-order chi connectivity index (χ1) is 13.6. The molecule has 3 nitrogen and oxygen atoms in total. The van der Waals surface area contributed by atoms with Crippen molar-refractivity contribution in [3.8, 4) is 11.1 Å². The molecular formula is C25H32N2O. The summed E-state index contributed by atoms with van der Waals surface area (Å²) in [5.74, 6) is 0.597. The Kier molecular flexibility index (Phi) is 6.91. The molecule has 0 saturated heterocycles. The number of aromatic nitrogens is 2. The highest BCUT2D eigenvalue weighted by molar-refractivity contribution is 5.63. The van der Waals surface area contributed by atoms with Crippen molar-refractivity contribution < 1.29 is 0 Å². The summed E-state index contributed by atoms with van der Waals surface area (Å²) in [5, 5.41) is 0. The van der Waals surface area contributed by atoms with Crippen LogP contribution in [0.3, 0.4) is 0 Å². The number of hydrogen-bond donors (Lipinski definition) is 0. The van der Waals surface area contributed by atoms with Crippen molar-refractivity contribution in [3.63, 3.8) is 0 Å². The maximum Gasteiger partial charge on any atom is 0.328 e. The maximum absolute atomic E-state index is 13.0. The Labute approximate surface area is 168 Å². The fourth-order valence-corrected chi connectivity index (χ4v) is 3.48. The Bertz CT molecular complexity index is 917. The maximum atomic E-state index is 13.0. The molecule has 3 aromatic rings. The van der Waals surface area contributed by atoms with Crippen LogP contribution in [0.2, 0.25) is 0 Å². The molecule has 28 heavy (non-hydrogen) atoms. The smallest absolute Gasteiger partial charge is 0.299 e. The first kappa shape index (κ1) is 20.2. The molecule has 0 atom stereocenters. The summed E-state index contributed by atoms with van der Waals surface area (Å²) in [6.45, 7) is 8.04. The predicted octanol–water partition coefficient (Wildman–Crippen LogP) is 5.75. The average molecular weight is 377 g/mol. The van der Waals surface area contributed by atoms with Gasteiger partial charge in [0.05, 0.1) is 6.54 Å². The second-order valence-corrected chi connectivity index (χ2v) is 8.03. The molecule has 0 aliphatic rings. The molecule has 2 aromatic carbocycles. The van der Waals surface area contributed by atoms with Crippen LogP contribution in [0, 0.1) is 5.92 Å². The Hall–Kier alpha value is -2.55. The summed E-state index contributed by atoms with van der Waals surface area (Å²) in [7, 11) is 0. The van der Waals surface area contributed by atoms with Gasteiger partial charge >= 0.3 is 5.69 Å². The van der Waals surface area contributed by atoms with Crippen LogP contribution in [0.25, 0.3) is 11.1 Å². The normalized spacial score (nSPS) is 11.3. The van der Waals surface area contributed by atoms with Crippen molar-refractivity contribution in [2.24, 2.45) is 5.92 Å². The van der Waals surface area contributed by atoms with E-state index in [-0.39, 0.29) is 5.69 Å². The van der Waals surface area contributed by atoms with Crippen LogP contribution in [0.4, 0.5) is 0 Å². The van der Waals surface area contributed by atoms with Gasteiger partial charge in [-0.05, 0) is 41.9 Å². The van der Waals surface area contributed by atoms with Crippen LogP contribution >= 0.6 is 0 Å². The minimum absolute atomic E-state index is 0.124. The van der Waals surface area contributed by atoms with E-state index in [1.807, 2.05) is 15.2 Å². The van der Waals surface area contributed by atoms with E-state index in [0.29, 0.717) is 12.5 Å². The second-order valence-electron chi connectivity index (χ2n) is 8.03. The van der Waals surface area contributed by atoms with Gasteiger partial charge in [-0.15, -0.1) is 0 Å². The molecule has 0 radical (unpaired) electrons. The Morgan fingerprint density at radius 3 is 2.25 bits per heavy atom. The molecule has 0 N–H and O–H groups in total. The van der Waals surface area contributed by atoms with E-state index in [1.165, 1.54) is 16.7 Å². The molecule has 3 heteroatoms. The molecule has 3 rings (SSSR count). The predicted molar refractivity (Wildman–Crippen MR) is 118 cm³/mol. The first-order valence-electron chi connectivity index (χ1n) is 10.5. The van der Waals surface area contributed by atoms with Crippen LogP contribution in [-0.4, -0.2) is 9.13 Å². The van der Waals surface area contributed by atoms with E-state index in [9.17, 15) is 4.79 Å². The first-order valence-corrected chi connectivity index (χ1v) is 10.5. The van der Waals surface area contributed by atoms with E-state index >= 15 is 0 Å². The third kappa shape index (κ3) is 5.03. The van der Waals surface area contributed by atoms with E-state index in [1.54, 1.807) is 0 Å². The SMILES string of the molecule is CCCCc1cn(CCC(C)C)c(=O)n1Cc1ccc(-c2ccccc2)cc1. The van der Waals surface area contributed by atoms with E-state index in [2.05, 4.69) is 75.5 Å². The highest BCUT2D eigenvalue weighted by atomic mass is 16.1. The lowest BCUT2D eigenvalue weighted by molar-refractivity contribution is 0.502. The van der Waals surface area contributed by atoms with Gasteiger partial charge in [0.1, 0.15) is 0 Å². The molecule has 1 aromatic heterocycles. The van der Waals surface area contributed by atoms with Gasteiger partial charge in [0.25, 0.3) is 0 Å². The largest absolute Gasteiger partial charge is 0.328 e. The van der Waals surface area contributed by atoms with Crippen LogP contribution in [-0.2, 0) is 19.5 Å². The third-order valence-corrected chi connectivity index (χ3v) is 5.26. The van der Waals surface area contributed by atoms with Crippen LogP contribution in [0.15, 0.2) is 65.6 Å². The van der Waals surface area contributed by atoms with E-state index < -0.39 is 0 Å². The lowest BCUT2D eigenvalue weighted by Gasteiger charge is -2.08. The molecule has 0 unspecified atom stereocenters. The molecular weight excluding hydrogens is 344 g/mol. The topological polar surface area (TPSA) is 26.9 Å². The number of hydrogen-bond acceptors (Lipinski definition) is 1. The minimum Gasteiger partial charge on any atom is -0.299 e. The van der Waals surface area contributed by atoms with Gasteiger partial charge in [-0.1, -0.05) is 81.8 Å². The second kappa shape index (κ2) is 9.59. The van der Waals surface area contributed by atoms with Gasteiger partial charge < -0.3 is 0 Å². The van der Waals surface area contributed by atoms with Crippen molar-refractivity contribution in [3.05, 3.63) is 82.5 Å². The fraction of sp³-hybridized carbons (Fsp3) is 0.400. The zero-order valence-electron chi connectivity index (χ0n) is 17.4. The summed E-state index contributed by atoms with van der Waals surface area (Å²) in [6.07, 6.45) is 6.32. The fourth-order valence-electron chi connectivity index (χ4n) is 3.48. The zero-order chi connectivity index (χ0) is 19.9. The molecule has 0 aliphatic carbocycles. The van der Waals surface area contributed by atoms with Gasteiger partial charge in [-0.2, -0.15) is 0 Å². The van der Waals surface area contributed by atoms with E-state index in [4.69, 9.17) is 0 Å². The lowest BCUT2D eigenvalue weighted by Crippen LogP contribution is -2.26. The minimum atomic E-state index is 0.124. The standard InChI is InChI=1S/C25H32N2O/c1-4-5-11-24-19-26(17-16-20(2)3)25(28)27(24)18-21-12-14-23(15-13-21)22-9-7-6-8-10-22/h6-10,12-15,19-20H,4-5,11,16-18H2,1-3H3. The molecule has 0 bridgehead atoms. The number of imidazole rings is 1. The van der Waals surface area contributed by atoms with Gasteiger partial charge in [-0.3, -0.25) is 9.13 Å². The van der Waals surface area contributed by atoms with Crippen molar-refractivity contribution in [1.82, 2.24) is 9.13 Å². The monoisotopic (exact) mass is 376 g/mol. The number of benzene rings is 2. The molecule has 1 heterocycles. The highest BCUT2D eigenvalue weighted by Gasteiger charge is 2.12. The van der Waals surface area contributed by atoms with Gasteiger partial charge in [0.15, 0.2) is 0 Å². The Morgan fingerprint density at radius 2 is 1.61 bits per heavy atom. The molecule has 148 valence electrons. The van der Waals surface area contributed by atoms with Gasteiger partial charge in [0, 0.05) is 18.4 Å². The summed E-state index contributed by atoms with van der Waals surface area (Å²) < 4.78 is 3.87. The summed E-state index contributed by atoms with van der Waals surface area (Å²) in [6, 6.07) is 19.0. The van der Waals surface area contributed by atoms with Gasteiger partial charge in [0.2, 0.25) is 0 Å². The number of aryl methyl sites for hydroxylation is 2. The van der Waals surface area contributed by atoms with Crippen LogP contribution in [0.5, 0.6) is 0 Å². The third-order valence-electron chi connectivity index (χ3n) is 5.26. The van der Waals surface area contributed by atoms with Crippen molar-refractivity contribution in [2.45, 2.75) is 59.5 Å². The summed E-state index contributed by atoms with van der Waals surface area (Å²) in [5.41, 5.74) is 4.87. The van der Waals surface area contributed by atoms with Crippen LogP contribution < -0.4 is 5.69 Å².